The molecule has 0 radical (unpaired) electrons. The number of aryl methyl sites for hydroxylation is 1. The van der Waals surface area contributed by atoms with Crippen LogP contribution in [-0.4, -0.2) is 23.1 Å². The lowest BCUT2D eigenvalue weighted by Crippen LogP contribution is -2.28. The molecule has 1 saturated heterocycles. The average Bonchev–Trinajstić information content (AvgIpc) is 2.73. The predicted octanol–water partition coefficient (Wildman–Crippen LogP) is 2.64. The maximum atomic E-state index is 4.80. The van der Waals surface area contributed by atoms with Gasteiger partial charge in [-0.25, -0.2) is 4.98 Å². The van der Waals surface area contributed by atoms with Crippen molar-refractivity contribution >= 4 is 0 Å². The van der Waals surface area contributed by atoms with E-state index < -0.39 is 0 Å². The van der Waals surface area contributed by atoms with Crippen molar-refractivity contribution in [2.75, 3.05) is 13.1 Å². The van der Waals surface area contributed by atoms with E-state index in [1.54, 1.807) is 0 Å². The molecular formula is C14H25N3. The van der Waals surface area contributed by atoms with Gasteiger partial charge in [-0.05, 0) is 44.2 Å². The van der Waals surface area contributed by atoms with Crippen LogP contribution in [0.25, 0.3) is 0 Å². The Labute approximate surface area is 104 Å². The molecule has 0 bridgehead atoms. The van der Waals surface area contributed by atoms with Crippen molar-refractivity contribution < 1.29 is 0 Å². The van der Waals surface area contributed by atoms with Gasteiger partial charge in [0.1, 0.15) is 5.82 Å². The molecule has 3 heteroatoms. The highest BCUT2D eigenvalue weighted by Crippen LogP contribution is 2.21. The van der Waals surface area contributed by atoms with Gasteiger partial charge in [-0.1, -0.05) is 20.8 Å². The summed E-state index contributed by atoms with van der Waals surface area (Å²) in [5.41, 5.74) is 2.61. The van der Waals surface area contributed by atoms with E-state index in [9.17, 15) is 0 Å². The Hall–Kier alpha value is -0.830. The molecule has 1 aromatic rings. The Bertz CT molecular complexity index is 348. The first kappa shape index (κ1) is 12.6. The molecule has 3 nitrogen and oxygen atoms in total. The van der Waals surface area contributed by atoms with Gasteiger partial charge in [0.05, 0.1) is 5.69 Å². The fourth-order valence-electron chi connectivity index (χ4n) is 2.68. The van der Waals surface area contributed by atoms with Gasteiger partial charge in [-0.3, -0.25) is 0 Å². The number of aromatic nitrogens is 2. The Morgan fingerprint density at radius 3 is 2.53 bits per heavy atom. The zero-order chi connectivity index (χ0) is 12.3. The summed E-state index contributed by atoms with van der Waals surface area (Å²) in [4.78, 5) is 8.33. The van der Waals surface area contributed by atoms with Crippen molar-refractivity contribution in [2.24, 2.45) is 5.92 Å². The predicted molar refractivity (Wildman–Crippen MR) is 71.4 cm³/mol. The first-order valence-electron chi connectivity index (χ1n) is 6.99. The zero-order valence-electron chi connectivity index (χ0n) is 11.3. The van der Waals surface area contributed by atoms with Crippen LogP contribution in [0.3, 0.4) is 0 Å². The van der Waals surface area contributed by atoms with Gasteiger partial charge < -0.3 is 10.3 Å². The average molecular weight is 235 g/mol. The van der Waals surface area contributed by atoms with Crippen LogP contribution < -0.4 is 5.32 Å². The normalized spacial score (nSPS) is 17.9. The molecule has 17 heavy (non-hydrogen) atoms. The van der Waals surface area contributed by atoms with Gasteiger partial charge in [0.15, 0.2) is 0 Å². The van der Waals surface area contributed by atoms with E-state index in [0.717, 1.165) is 18.8 Å². The molecule has 0 aromatic carbocycles. The highest BCUT2D eigenvalue weighted by atomic mass is 14.9. The lowest BCUT2D eigenvalue weighted by Gasteiger charge is -2.21. The molecular weight excluding hydrogens is 210 g/mol. The van der Waals surface area contributed by atoms with Gasteiger partial charge in [0.2, 0.25) is 0 Å². The summed E-state index contributed by atoms with van der Waals surface area (Å²) in [7, 11) is 0. The highest BCUT2D eigenvalue weighted by molar-refractivity contribution is 5.18. The highest BCUT2D eigenvalue weighted by Gasteiger charge is 2.17. The van der Waals surface area contributed by atoms with Crippen molar-refractivity contribution in [3.05, 3.63) is 17.2 Å². The summed E-state index contributed by atoms with van der Waals surface area (Å²) < 4.78 is 0. The number of aromatic amines is 1. The van der Waals surface area contributed by atoms with Gasteiger partial charge >= 0.3 is 0 Å². The molecule has 2 N–H and O–H groups in total. The molecule has 0 spiro atoms. The Morgan fingerprint density at radius 2 is 2.00 bits per heavy atom. The third kappa shape index (κ3) is 3.09. The van der Waals surface area contributed by atoms with E-state index in [-0.39, 0.29) is 0 Å². The first-order chi connectivity index (χ1) is 8.20. The van der Waals surface area contributed by atoms with Crippen LogP contribution in [0, 0.1) is 5.92 Å². The zero-order valence-corrected chi connectivity index (χ0v) is 11.3. The second-order valence-corrected chi connectivity index (χ2v) is 5.45. The number of hydrogen-bond donors (Lipinski definition) is 2. The number of nitrogens with one attached hydrogen (secondary N) is 2. The third-order valence-corrected chi connectivity index (χ3v) is 3.70. The SMILES string of the molecule is CCc1[nH]c(CC2CCNCC2)nc1C(C)C. The Morgan fingerprint density at radius 1 is 1.29 bits per heavy atom. The summed E-state index contributed by atoms with van der Waals surface area (Å²) in [6, 6.07) is 0. The van der Waals surface area contributed by atoms with Crippen LogP contribution in [0.5, 0.6) is 0 Å². The van der Waals surface area contributed by atoms with Crippen molar-refractivity contribution in [3.8, 4) is 0 Å². The van der Waals surface area contributed by atoms with Crippen LogP contribution >= 0.6 is 0 Å². The van der Waals surface area contributed by atoms with Crippen LogP contribution in [0.1, 0.15) is 56.7 Å². The maximum Gasteiger partial charge on any atom is 0.106 e. The lowest BCUT2D eigenvalue weighted by atomic mass is 9.94. The number of H-pyrrole nitrogens is 1. The second-order valence-electron chi connectivity index (χ2n) is 5.45. The minimum Gasteiger partial charge on any atom is -0.346 e. The summed E-state index contributed by atoms with van der Waals surface area (Å²) in [5, 5.41) is 3.42. The smallest absolute Gasteiger partial charge is 0.106 e. The van der Waals surface area contributed by atoms with Crippen molar-refractivity contribution in [3.63, 3.8) is 0 Å². The van der Waals surface area contributed by atoms with E-state index in [2.05, 4.69) is 31.1 Å². The molecule has 0 atom stereocenters. The largest absolute Gasteiger partial charge is 0.346 e. The van der Waals surface area contributed by atoms with E-state index in [1.165, 1.54) is 43.1 Å². The number of rotatable bonds is 4. The van der Waals surface area contributed by atoms with Crippen molar-refractivity contribution in [1.29, 1.82) is 0 Å². The lowest BCUT2D eigenvalue weighted by molar-refractivity contribution is 0.367. The van der Waals surface area contributed by atoms with Gasteiger partial charge in [0.25, 0.3) is 0 Å². The molecule has 0 aliphatic carbocycles. The number of nitrogens with zero attached hydrogens (tertiary/aromatic N) is 1. The van der Waals surface area contributed by atoms with Crippen molar-refractivity contribution in [2.45, 2.75) is 52.4 Å². The Kier molecular flexibility index (Phi) is 4.21. The molecule has 2 heterocycles. The molecule has 0 amide bonds. The fraction of sp³-hybridized carbons (Fsp3) is 0.786. The molecule has 0 unspecified atom stereocenters. The van der Waals surface area contributed by atoms with E-state index in [1.807, 2.05) is 0 Å². The number of piperidine rings is 1. The van der Waals surface area contributed by atoms with Crippen molar-refractivity contribution in [1.82, 2.24) is 15.3 Å². The van der Waals surface area contributed by atoms with Crippen LogP contribution in [0.2, 0.25) is 0 Å². The van der Waals surface area contributed by atoms with Gasteiger partial charge in [-0.2, -0.15) is 0 Å². The number of imidazole rings is 1. The quantitative estimate of drug-likeness (QED) is 0.842. The summed E-state index contributed by atoms with van der Waals surface area (Å²) in [6.07, 6.45) is 4.77. The Balaban J connectivity index is 2.05. The molecule has 0 saturated carbocycles. The van der Waals surface area contributed by atoms with Crippen LogP contribution in [-0.2, 0) is 12.8 Å². The molecule has 96 valence electrons. The molecule has 2 rings (SSSR count). The summed E-state index contributed by atoms with van der Waals surface area (Å²) in [6.45, 7) is 8.99. The minimum atomic E-state index is 0.531. The standard InChI is InChI=1S/C14H25N3/c1-4-12-14(10(2)3)17-13(16-12)9-11-5-7-15-8-6-11/h10-11,15H,4-9H2,1-3H3,(H,16,17). The minimum absolute atomic E-state index is 0.531. The van der Waals surface area contributed by atoms with Crippen LogP contribution in [0.15, 0.2) is 0 Å². The molecule has 1 aliphatic rings. The van der Waals surface area contributed by atoms with E-state index >= 15 is 0 Å². The van der Waals surface area contributed by atoms with Gasteiger partial charge in [-0.15, -0.1) is 0 Å². The monoisotopic (exact) mass is 235 g/mol. The fourth-order valence-corrected chi connectivity index (χ4v) is 2.68. The summed E-state index contributed by atoms with van der Waals surface area (Å²) >= 11 is 0. The number of hydrogen-bond acceptors (Lipinski definition) is 2. The molecule has 1 aromatic heterocycles. The second kappa shape index (κ2) is 5.67. The molecule has 1 aliphatic heterocycles. The molecule has 1 fully saturated rings. The van der Waals surface area contributed by atoms with Crippen LogP contribution in [0.4, 0.5) is 0 Å². The van der Waals surface area contributed by atoms with E-state index in [4.69, 9.17) is 4.98 Å². The topological polar surface area (TPSA) is 40.7 Å². The van der Waals surface area contributed by atoms with E-state index in [0.29, 0.717) is 5.92 Å². The first-order valence-corrected chi connectivity index (χ1v) is 6.99. The van der Waals surface area contributed by atoms with Gasteiger partial charge in [0, 0.05) is 12.1 Å². The summed E-state index contributed by atoms with van der Waals surface area (Å²) in [5.74, 6) is 2.55. The maximum absolute atomic E-state index is 4.80. The third-order valence-electron chi connectivity index (χ3n) is 3.70.